The third-order valence-corrected chi connectivity index (χ3v) is 2.27. The van der Waals surface area contributed by atoms with Gasteiger partial charge in [-0.3, -0.25) is 14.3 Å². The van der Waals surface area contributed by atoms with E-state index < -0.39 is 0 Å². The van der Waals surface area contributed by atoms with E-state index in [9.17, 15) is 9.59 Å². The van der Waals surface area contributed by atoms with Crippen molar-refractivity contribution in [2.24, 2.45) is 7.05 Å². The Bertz CT molecular complexity index is 386. The molecule has 0 aromatic carbocycles. The average molecular weight is 225 g/mol. The summed E-state index contributed by atoms with van der Waals surface area (Å²) in [5.74, 6) is -0.492. The predicted octanol–water partition coefficient (Wildman–Crippen LogP) is 0.0552. The number of aryl methyl sites for hydroxylation is 1. The number of methoxy groups -OCH3 is 1. The van der Waals surface area contributed by atoms with Crippen LogP contribution in [0.25, 0.3) is 0 Å². The summed E-state index contributed by atoms with van der Waals surface area (Å²) in [6.45, 7) is 0.330. The minimum atomic E-state index is -0.329. The van der Waals surface area contributed by atoms with Crippen LogP contribution >= 0.6 is 0 Å². The number of carbonyl (C=O) groups is 2. The number of esters is 1. The van der Waals surface area contributed by atoms with Gasteiger partial charge in [-0.25, -0.2) is 0 Å². The molecule has 1 aromatic rings. The molecule has 0 atom stereocenters. The van der Waals surface area contributed by atoms with Crippen LogP contribution in [-0.4, -0.2) is 47.3 Å². The first kappa shape index (κ1) is 12.2. The first-order valence-electron chi connectivity index (χ1n) is 4.86. The summed E-state index contributed by atoms with van der Waals surface area (Å²) in [4.78, 5) is 24.2. The van der Waals surface area contributed by atoms with Gasteiger partial charge < -0.3 is 9.64 Å². The number of amides is 1. The summed E-state index contributed by atoms with van der Waals surface area (Å²) in [7, 11) is 4.66. The summed E-state index contributed by atoms with van der Waals surface area (Å²) in [6, 6.07) is 1.64. The zero-order valence-electron chi connectivity index (χ0n) is 9.64. The fraction of sp³-hybridized carbons (Fsp3) is 0.500. The molecule has 0 bridgehead atoms. The van der Waals surface area contributed by atoms with Crippen molar-refractivity contribution in [2.75, 3.05) is 20.7 Å². The molecule has 0 radical (unpaired) electrons. The van der Waals surface area contributed by atoms with Crippen molar-refractivity contribution in [3.63, 3.8) is 0 Å². The van der Waals surface area contributed by atoms with E-state index in [4.69, 9.17) is 0 Å². The number of carbonyl (C=O) groups excluding carboxylic acids is 2. The Labute approximate surface area is 93.8 Å². The molecule has 0 aliphatic heterocycles. The van der Waals surface area contributed by atoms with Crippen molar-refractivity contribution in [2.45, 2.75) is 6.42 Å². The minimum Gasteiger partial charge on any atom is -0.469 e. The maximum atomic E-state index is 11.8. The van der Waals surface area contributed by atoms with E-state index in [0.29, 0.717) is 12.2 Å². The SMILES string of the molecule is COC(=O)CCN(C)C(=O)c1ccnn1C. The summed E-state index contributed by atoms with van der Waals surface area (Å²) in [5, 5.41) is 3.91. The van der Waals surface area contributed by atoms with E-state index in [2.05, 4.69) is 9.84 Å². The van der Waals surface area contributed by atoms with Crippen molar-refractivity contribution >= 4 is 11.9 Å². The Morgan fingerprint density at radius 1 is 1.56 bits per heavy atom. The first-order valence-corrected chi connectivity index (χ1v) is 4.86. The van der Waals surface area contributed by atoms with E-state index in [1.165, 1.54) is 16.7 Å². The van der Waals surface area contributed by atoms with Crippen LogP contribution in [0.15, 0.2) is 12.3 Å². The fourth-order valence-corrected chi connectivity index (χ4v) is 1.24. The van der Waals surface area contributed by atoms with Gasteiger partial charge in [-0.15, -0.1) is 0 Å². The molecule has 0 unspecified atom stereocenters. The van der Waals surface area contributed by atoms with Gasteiger partial charge in [-0.1, -0.05) is 0 Å². The van der Waals surface area contributed by atoms with Crippen LogP contribution < -0.4 is 0 Å². The quantitative estimate of drug-likeness (QED) is 0.679. The fourth-order valence-electron chi connectivity index (χ4n) is 1.24. The summed E-state index contributed by atoms with van der Waals surface area (Å²) in [5.41, 5.74) is 0.493. The molecule has 1 rings (SSSR count). The van der Waals surface area contributed by atoms with Gasteiger partial charge in [-0.2, -0.15) is 5.10 Å². The molecule has 1 aromatic heterocycles. The van der Waals surface area contributed by atoms with Crippen molar-refractivity contribution in [3.05, 3.63) is 18.0 Å². The zero-order chi connectivity index (χ0) is 12.1. The minimum absolute atomic E-state index is 0.163. The third kappa shape index (κ3) is 2.82. The highest BCUT2D eigenvalue weighted by atomic mass is 16.5. The Hall–Kier alpha value is -1.85. The van der Waals surface area contributed by atoms with E-state index in [-0.39, 0.29) is 18.3 Å². The summed E-state index contributed by atoms with van der Waals surface area (Å²) < 4.78 is 6.00. The van der Waals surface area contributed by atoms with Crippen LogP contribution in [-0.2, 0) is 16.6 Å². The summed E-state index contributed by atoms with van der Waals surface area (Å²) in [6.07, 6.45) is 1.75. The number of ether oxygens (including phenoxy) is 1. The topological polar surface area (TPSA) is 64.4 Å². The number of aromatic nitrogens is 2. The Morgan fingerprint density at radius 3 is 2.75 bits per heavy atom. The second-order valence-electron chi connectivity index (χ2n) is 3.39. The van der Waals surface area contributed by atoms with Crippen molar-refractivity contribution in [1.29, 1.82) is 0 Å². The molecule has 0 saturated heterocycles. The van der Waals surface area contributed by atoms with E-state index >= 15 is 0 Å². The third-order valence-electron chi connectivity index (χ3n) is 2.27. The van der Waals surface area contributed by atoms with E-state index in [0.717, 1.165) is 0 Å². The van der Waals surface area contributed by atoms with Crippen molar-refractivity contribution in [3.8, 4) is 0 Å². The molecule has 0 N–H and O–H groups in total. The molecule has 0 saturated carbocycles. The normalized spacial score (nSPS) is 9.94. The number of hydrogen-bond donors (Lipinski definition) is 0. The standard InChI is InChI=1S/C10H15N3O3/c1-12(7-5-9(14)16-3)10(15)8-4-6-11-13(8)2/h4,6H,5,7H2,1-3H3. The highest BCUT2D eigenvalue weighted by Crippen LogP contribution is 2.02. The van der Waals surface area contributed by atoms with Crippen LogP contribution in [0.4, 0.5) is 0 Å². The van der Waals surface area contributed by atoms with Crippen LogP contribution in [0.3, 0.4) is 0 Å². The molecule has 16 heavy (non-hydrogen) atoms. The lowest BCUT2D eigenvalue weighted by atomic mass is 10.3. The van der Waals surface area contributed by atoms with Crippen molar-refractivity contribution in [1.82, 2.24) is 14.7 Å². The number of hydrogen-bond acceptors (Lipinski definition) is 4. The lowest BCUT2D eigenvalue weighted by Gasteiger charge is -2.16. The molecule has 88 valence electrons. The lowest BCUT2D eigenvalue weighted by molar-refractivity contribution is -0.140. The Balaban J connectivity index is 2.55. The Kier molecular flexibility index (Phi) is 4.04. The second-order valence-corrected chi connectivity index (χ2v) is 3.39. The van der Waals surface area contributed by atoms with Crippen LogP contribution in [0.1, 0.15) is 16.9 Å². The van der Waals surface area contributed by atoms with Crippen LogP contribution in [0.5, 0.6) is 0 Å². The van der Waals surface area contributed by atoms with Gasteiger partial charge in [0.25, 0.3) is 5.91 Å². The molecule has 0 aliphatic carbocycles. The molecule has 1 amide bonds. The molecular weight excluding hydrogens is 210 g/mol. The van der Waals surface area contributed by atoms with Gasteiger partial charge >= 0.3 is 5.97 Å². The van der Waals surface area contributed by atoms with Gasteiger partial charge in [-0.05, 0) is 6.07 Å². The molecular formula is C10H15N3O3. The van der Waals surface area contributed by atoms with Gasteiger partial charge in [0.1, 0.15) is 5.69 Å². The molecule has 0 spiro atoms. The molecule has 0 fully saturated rings. The van der Waals surface area contributed by atoms with Gasteiger partial charge in [0.15, 0.2) is 0 Å². The molecule has 0 aliphatic rings. The van der Waals surface area contributed by atoms with E-state index in [1.54, 1.807) is 26.4 Å². The monoisotopic (exact) mass is 225 g/mol. The largest absolute Gasteiger partial charge is 0.469 e. The number of nitrogens with zero attached hydrogens (tertiary/aromatic N) is 3. The Morgan fingerprint density at radius 2 is 2.25 bits per heavy atom. The van der Waals surface area contributed by atoms with Gasteiger partial charge in [0, 0.05) is 26.8 Å². The van der Waals surface area contributed by atoms with Gasteiger partial charge in [0.2, 0.25) is 0 Å². The average Bonchev–Trinajstić information content (AvgIpc) is 2.70. The lowest BCUT2D eigenvalue weighted by Crippen LogP contribution is -2.30. The smallest absolute Gasteiger partial charge is 0.307 e. The summed E-state index contributed by atoms with van der Waals surface area (Å²) >= 11 is 0. The molecule has 6 nitrogen and oxygen atoms in total. The first-order chi connectivity index (χ1) is 7.56. The zero-order valence-corrected chi connectivity index (χ0v) is 9.64. The maximum Gasteiger partial charge on any atom is 0.307 e. The second kappa shape index (κ2) is 5.29. The highest BCUT2D eigenvalue weighted by Gasteiger charge is 2.15. The van der Waals surface area contributed by atoms with Crippen LogP contribution in [0, 0.1) is 0 Å². The van der Waals surface area contributed by atoms with Gasteiger partial charge in [0.05, 0.1) is 13.5 Å². The highest BCUT2D eigenvalue weighted by molar-refractivity contribution is 5.92. The number of rotatable bonds is 4. The predicted molar refractivity (Wildman–Crippen MR) is 56.8 cm³/mol. The van der Waals surface area contributed by atoms with E-state index in [1.807, 2.05) is 0 Å². The van der Waals surface area contributed by atoms with Crippen molar-refractivity contribution < 1.29 is 14.3 Å². The maximum absolute atomic E-state index is 11.8. The molecule has 6 heteroatoms. The van der Waals surface area contributed by atoms with Crippen LogP contribution in [0.2, 0.25) is 0 Å². The molecule has 1 heterocycles.